The number of carbonyl (C=O) groups is 1. The number of pyridine rings is 1. The number of carbonyl (C=O) groups excluding carboxylic acids is 1. The minimum Gasteiger partial charge on any atom is -0.369 e. The molecule has 1 spiro atoms. The molecule has 5 rings (SSSR count). The van der Waals surface area contributed by atoms with Gasteiger partial charge in [-0.2, -0.15) is 8.78 Å². The molecule has 0 bridgehead atoms. The van der Waals surface area contributed by atoms with Crippen molar-refractivity contribution in [1.82, 2.24) is 9.88 Å². The maximum Gasteiger partial charge on any atom is 0.297 e. The molecule has 0 saturated carbocycles. The Morgan fingerprint density at radius 3 is 2.86 bits per heavy atom. The van der Waals surface area contributed by atoms with Crippen molar-refractivity contribution in [3.8, 4) is 0 Å². The lowest BCUT2D eigenvalue weighted by Gasteiger charge is -2.45. The lowest BCUT2D eigenvalue weighted by atomic mass is 9.84. The van der Waals surface area contributed by atoms with Crippen LogP contribution in [0.3, 0.4) is 0 Å². The van der Waals surface area contributed by atoms with Crippen molar-refractivity contribution in [3.63, 3.8) is 0 Å². The highest BCUT2D eigenvalue weighted by molar-refractivity contribution is 7.16. The quantitative estimate of drug-likeness (QED) is 0.585. The Hall–Kier alpha value is -2.20. The third-order valence-corrected chi connectivity index (χ3v) is 8.80. The largest absolute Gasteiger partial charge is 0.369 e. The predicted molar refractivity (Wildman–Crippen MR) is 137 cm³/mol. The van der Waals surface area contributed by atoms with E-state index in [4.69, 9.17) is 27.1 Å². The molecule has 2 aromatic rings. The molecule has 1 unspecified atom stereocenters. The fourth-order valence-electron chi connectivity index (χ4n) is 5.40. The minimum absolute atomic E-state index is 0.0353. The highest BCUT2D eigenvalue weighted by atomic mass is 35.5. The van der Waals surface area contributed by atoms with Gasteiger partial charge >= 0.3 is 0 Å². The second-order valence-electron chi connectivity index (χ2n) is 9.85. The maximum absolute atomic E-state index is 14.4. The molecule has 3 aliphatic rings. The first kappa shape index (κ1) is 25.4. The van der Waals surface area contributed by atoms with Crippen LogP contribution in [0.5, 0.6) is 0 Å². The normalized spacial score (nSPS) is 23.2. The number of dihydropyridines is 1. The van der Waals surface area contributed by atoms with Gasteiger partial charge in [0.25, 0.3) is 5.92 Å². The Morgan fingerprint density at radius 1 is 1.36 bits per heavy atom. The van der Waals surface area contributed by atoms with Crippen molar-refractivity contribution >= 4 is 34.6 Å². The summed E-state index contributed by atoms with van der Waals surface area (Å²) >= 11 is 7.34. The molecular weight excluding hydrogens is 506 g/mol. The summed E-state index contributed by atoms with van der Waals surface area (Å²) in [5.41, 5.74) is 8.65. The van der Waals surface area contributed by atoms with Gasteiger partial charge in [0.05, 0.1) is 16.8 Å². The molecule has 0 radical (unpaired) electrons. The minimum atomic E-state index is -2.99. The molecule has 1 atom stereocenters. The van der Waals surface area contributed by atoms with E-state index in [0.717, 1.165) is 43.0 Å². The van der Waals surface area contributed by atoms with Gasteiger partial charge in [-0.25, -0.2) is 0 Å². The zero-order chi connectivity index (χ0) is 25.5. The second kappa shape index (κ2) is 9.93. The SMILES string of the molecule is CC1=NC(Cc2ncccc2CC(N)=O)CC=C1CN1CCC2(CC1)OCC(F)(F)c1cc(Cl)sc12. The standard InChI is InChI=1S/C26H29ClF2N4O2S/c1-16-18(4-5-19(32-16)12-21-17(11-23(30)34)3-2-8-31-21)14-33-9-6-25(7-10-33)24-20(13-22(27)36-24)26(28,29)15-35-25/h2-4,8,13,19H,5-7,9-12,14-15H2,1H3,(H2,30,34). The van der Waals surface area contributed by atoms with Crippen LogP contribution in [0.2, 0.25) is 4.34 Å². The van der Waals surface area contributed by atoms with Gasteiger partial charge in [-0.05, 0) is 49.5 Å². The number of likely N-dealkylation sites (tertiary alicyclic amines) is 1. The molecule has 1 fully saturated rings. The van der Waals surface area contributed by atoms with E-state index in [-0.39, 0.29) is 23.9 Å². The molecule has 2 N–H and O–H groups in total. The molecule has 1 saturated heterocycles. The first-order chi connectivity index (χ1) is 17.1. The van der Waals surface area contributed by atoms with Crippen molar-refractivity contribution in [1.29, 1.82) is 0 Å². The summed E-state index contributed by atoms with van der Waals surface area (Å²) in [5.74, 6) is -3.36. The van der Waals surface area contributed by atoms with Crippen LogP contribution in [0.15, 0.2) is 41.0 Å². The molecule has 1 amide bonds. The number of thiophene rings is 1. The lowest BCUT2D eigenvalue weighted by molar-refractivity contribution is -0.181. The fraction of sp³-hybridized carbons (Fsp3) is 0.500. The zero-order valence-electron chi connectivity index (χ0n) is 20.1. The van der Waals surface area contributed by atoms with Gasteiger partial charge in [0.15, 0.2) is 0 Å². The van der Waals surface area contributed by atoms with Crippen molar-refractivity contribution in [3.05, 3.63) is 62.1 Å². The van der Waals surface area contributed by atoms with Gasteiger partial charge in [0, 0.05) is 54.1 Å². The maximum atomic E-state index is 14.4. The number of alkyl halides is 2. The summed E-state index contributed by atoms with van der Waals surface area (Å²) in [6.45, 7) is 3.70. The number of amides is 1. The van der Waals surface area contributed by atoms with Crippen molar-refractivity contribution in [2.75, 3.05) is 26.2 Å². The summed E-state index contributed by atoms with van der Waals surface area (Å²) in [6.07, 6.45) is 6.91. The average Bonchev–Trinajstić information content (AvgIpc) is 3.25. The summed E-state index contributed by atoms with van der Waals surface area (Å²) in [4.78, 5) is 23.7. The Bertz CT molecular complexity index is 1220. The fourth-order valence-corrected chi connectivity index (χ4v) is 6.88. The lowest BCUT2D eigenvalue weighted by Crippen LogP contribution is -2.49. The number of fused-ring (bicyclic) bond motifs is 2. The van der Waals surface area contributed by atoms with Crippen LogP contribution in [0, 0.1) is 0 Å². The van der Waals surface area contributed by atoms with Gasteiger partial charge in [0.1, 0.15) is 12.2 Å². The number of ether oxygens (including phenoxy) is 1. The highest BCUT2D eigenvalue weighted by Crippen LogP contribution is 2.52. The number of nitrogens with two attached hydrogens (primary N) is 1. The van der Waals surface area contributed by atoms with E-state index >= 15 is 0 Å². The zero-order valence-corrected chi connectivity index (χ0v) is 21.7. The number of rotatable bonds is 6. The highest BCUT2D eigenvalue weighted by Gasteiger charge is 2.51. The average molecular weight is 535 g/mol. The van der Waals surface area contributed by atoms with Crippen LogP contribution in [-0.2, 0) is 33.9 Å². The monoisotopic (exact) mass is 534 g/mol. The Kier molecular flexibility index (Phi) is 7.02. The van der Waals surface area contributed by atoms with Crippen LogP contribution in [0.4, 0.5) is 8.78 Å². The number of aromatic nitrogens is 1. The smallest absolute Gasteiger partial charge is 0.297 e. The van der Waals surface area contributed by atoms with Crippen LogP contribution < -0.4 is 5.73 Å². The molecule has 5 heterocycles. The Labute approximate surface area is 218 Å². The molecule has 36 heavy (non-hydrogen) atoms. The van der Waals surface area contributed by atoms with Crippen LogP contribution in [0.1, 0.15) is 47.9 Å². The number of halogens is 3. The third-order valence-electron chi connectivity index (χ3n) is 7.35. The number of hydrogen-bond donors (Lipinski definition) is 1. The Morgan fingerprint density at radius 2 is 2.14 bits per heavy atom. The topological polar surface area (TPSA) is 80.8 Å². The summed E-state index contributed by atoms with van der Waals surface area (Å²) in [6, 6.07) is 5.18. The molecule has 3 aliphatic heterocycles. The van der Waals surface area contributed by atoms with Gasteiger partial charge in [0.2, 0.25) is 5.91 Å². The Balaban J connectivity index is 1.20. The van der Waals surface area contributed by atoms with Crippen molar-refractivity contribution in [2.45, 2.75) is 56.6 Å². The molecule has 0 aromatic carbocycles. The molecule has 6 nitrogen and oxygen atoms in total. The van der Waals surface area contributed by atoms with Gasteiger partial charge in [-0.3, -0.25) is 19.7 Å². The van der Waals surface area contributed by atoms with E-state index in [1.807, 2.05) is 19.1 Å². The number of piperidine rings is 1. The molecule has 2 aromatic heterocycles. The number of primary amides is 1. The number of aliphatic imine (C=N–C) groups is 1. The molecule has 0 aliphatic carbocycles. The first-order valence-corrected chi connectivity index (χ1v) is 13.3. The van der Waals surface area contributed by atoms with Gasteiger partial charge in [-0.15, -0.1) is 11.3 Å². The molecular formula is C26H29ClF2N4O2S. The van der Waals surface area contributed by atoms with Crippen LogP contribution in [-0.4, -0.2) is 53.8 Å². The first-order valence-electron chi connectivity index (χ1n) is 12.1. The van der Waals surface area contributed by atoms with Crippen molar-refractivity contribution < 1.29 is 18.3 Å². The predicted octanol–water partition coefficient (Wildman–Crippen LogP) is 4.64. The third kappa shape index (κ3) is 5.11. The number of hydrogen-bond acceptors (Lipinski definition) is 6. The van der Waals surface area contributed by atoms with E-state index < -0.39 is 18.1 Å². The van der Waals surface area contributed by atoms with Crippen LogP contribution >= 0.6 is 22.9 Å². The van der Waals surface area contributed by atoms with E-state index in [2.05, 4.69) is 16.0 Å². The second-order valence-corrected chi connectivity index (χ2v) is 11.5. The van der Waals surface area contributed by atoms with E-state index in [1.54, 1.807) is 6.20 Å². The summed E-state index contributed by atoms with van der Waals surface area (Å²) in [5, 5.41) is 0. The molecule has 192 valence electrons. The molecule has 10 heteroatoms. The van der Waals surface area contributed by atoms with E-state index in [9.17, 15) is 13.6 Å². The van der Waals surface area contributed by atoms with Gasteiger partial charge in [-0.1, -0.05) is 23.7 Å². The number of nitrogens with zero attached hydrogens (tertiary/aromatic N) is 3. The van der Waals surface area contributed by atoms with E-state index in [1.165, 1.54) is 23.0 Å². The van der Waals surface area contributed by atoms with Crippen LogP contribution in [0.25, 0.3) is 0 Å². The van der Waals surface area contributed by atoms with Crippen molar-refractivity contribution in [2.24, 2.45) is 10.7 Å². The van der Waals surface area contributed by atoms with Gasteiger partial charge < -0.3 is 10.5 Å². The summed E-state index contributed by atoms with van der Waals surface area (Å²) < 4.78 is 35.0. The van der Waals surface area contributed by atoms with E-state index in [0.29, 0.717) is 28.5 Å². The summed E-state index contributed by atoms with van der Waals surface area (Å²) in [7, 11) is 0.